The van der Waals surface area contributed by atoms with Gasteiger partial charge in [0, 0.05) is 25.4 Å². The summed E-state index contributed by atoms with van der Waals surface area (Å²) in [4.78, 5) is 0. The van der Waals surface area contributed by atoms with Crippen LogP contribution in [0.2, 0.25) is 0 Å². The van der Waals surface area contributed by atoms with Crippen LogP contribution in [0.25, 0.3) is 27.5 Å². The van der Waals surface area contributed by atoms with Crippen molar-refractivity contribution in [3.8, 4) is 5.69 Å². The minimum Gasteiger partial charge on any atom is -0.309 e. The summed E-state index contributed by atoms with van der Waals surface area (Å²) >= 11 is 7.29. The van der Waals surface area contributed by atoms with Crippen LogP contribution in [0.4, 0.5) is 0 Å². The van der Waals surface area contributed by atoms with Crippen LogP contribution in [-0.4, -0.2) is 4.57 Å². The first kappa shape index (κ1) is 13.1. The average molecular weight is 401 g/mol. The predicted octanol–water partition coefficient (Wildman–Crippen LogP) is 6.31. The first-order valence-electron chi connectivity index (χ1n) is 6.69. The highest BCUT2D eigenvalue weighted by molar-refractivity contribution is 9.11. The van der Waals surface area contributed by atoms with Crippen LogP contribution in [0.3, 0.4) is 0 Å². The van der Waals surface area contributed by atoms with Crippen molar-refractivity contribution < 1.29 is 0 Å². The van der Waals surface area contributed by atoms with E-state index in [9.17, 15) is 0 Å². The molecule has 1 aromatic heterocycles. The molecule has 0 bridgehead atoms. The molecule has 21 heavy (non-hydrogen) atoms. The second-order valence-corrected chi connectivity index (χ2v) is 6.74. The third kappa shape index (κ3) is 2.03. The summed E-state index contributed by atoms with van der Waals surface area (Å²) < 4.78 is 4.52. The summed E-state index contributed by atoms with van der Waals surface area (Å²) in [5.41, 5.74) is 3.59. The molecule has 3 aromatic carbocycles. The van der Waals surface area contributed by atoms with Crippen molar-refractivity contribution in [3.05, 3.63) is 75.7 Å². The monoisotopic (exact) mass is 399 g/mol. The fraction of sp³-hybridized carbons (Fsp3) is 0. The van der Waals surface area contributed by atoms with Crippen molar-refractivity contribution >= 4 is 53.7 Å². The molecule has 0 aliphatic rings. The molecule has 4 aromatic rings. The van der Waals surface area contributed by atoms with E-state index < -0.39 is 0 Å². The van der Waals surface area contributed by atoms with Crippen LogP contribution in [-0.2, 0) is 0 Å². The minimum absolute atomic E-state index is 1.09. The first-order valence-corrected chi connectivity index (χ1v) is 8.28. The molecule has 0 atom stereocenters. The van der Waals surface area contributed by atoms with Crippen LogP contribution < -0.4 is 0 Å². The first-order chi connectivity index (χ1) is 10.3. The van der Waals surface area contributed by atoms with Gasteiger partial charge in [0.2, 0.25) is 0 Å². The maximum atomic E-state index is 3.70. The molecule has 0 spiro atoms. The zero-order valence-corrected chi connectivity index (χ0v) is 14.2. The number of aromatic nitrogens is 1. The van der Waals surface area contributed by atoms with E-state index in [1.54, 1.807) is 0 Å². The van der Waals surface area contributed by atoms with Crippen LogP contribution in [0.5, 0.6) is 0 Å². The number of halogens is 2. The van der Waals surface area contributed by atoms with E-state index in [2.05, 4.69) is 97.1 Å². The lowest BCUT2D eigenvalue weighted by atomic mass is 10.2. The number of rotatable bonds is 1. The fourth-order valence-corrected chi connectivity index (χ4v) is 3.77. The van der Waals surface area contributed by atoms with Gasteiger partial charge in [-0.3, -0.25) is 0 Å². The lowest BCUT2D eigenvalue weighted by Crippen LogP contribution is -1.92. The number of hydrogen-bond donors (Lipinski definition) is 0. The van der Waals surface area contributed by atoms with Crippen LogP contribution in [0.1, 0.15) is 0 Å². The van der Waals surface area contributed by atoms with Crippen molar-refractivity contribution in [2.45, 2.75) is 0 Å². The maximum Gasteiger partial charge on any atom is 0.0552 e. The molecule has 1 nitrogen and oxygen atoms in total. The molecule has 0 unspecified atom stereocenters. The molecule has 0 saturated carbocycles. The number of fused-ring (bicyclic) bond motifs is 3. The fourth-order valence-electron chi connectivity index (χ4n) is 2.85. The topological polar surface area (TPSA) is 4.93 Å². The number of para-hydroxylation sites is 1. The minimum atomic E-state index is 1.09. The van der Waals surface area contributed by atoms with Gasteiger partial charge < -0.3 is 4.57 Å². The highest BCUT2D eigenvalue weighted by atomic mass is 79.9. The molecule has 102 valence electrons. The molecule has 4 rings (SSSR count). The Morgan fingerprint density at radius 1 is 0.714 bits per heavy atom. The molecule has 1 heterocycles. The Balaban J connectivity index is 2.26. The summed E-state index contributed by atoms with van der Waals surface area (Å²) in [5, 5.41) is 2.51. The number of benzene rings is 3. The largest absolute Gasteiger partial charge is 0.309 e. The normalized spacial score (nSPS) is 11.3. The lowest BCUT2D eigenvalue weighted by Gasteiger charge is -2.07. The molecule has 0 radical (unpaired) electrons. The Bertz CT molecular complexity index is 955. The van der Waals surface area contributed by atoms with E-state index in [0.717, 1.165) is 8.95 Å². The van der Waals surface area contributed by atoms with E-state index in [1.807, 2.05) is 6.07 Å². The zero-order valence-electron chi connectivity index (χ0n) is 11.1. The Kier molecular flexibility index (Phi) is 3.12. The molecule has 0 N–H and O–H groups in total. The van der Waals surface area contributed by atoms with Gasteiger partial charge in [-0.05, 0) is 36.4 Å². The van der Waals surface area contributed by atoms with E-state index in [0.29, 0.717) is 0 Å². The van der Waals surface area contributed by atoms with Gasteiger partial charge in [0.05, 0.1) is 11.0 Å². The summed E-state index contributed by atoms with van der Waals surface area (Å²) in [6, 6.07) is 23.3. The Labute approximate surface area is 139 Å². The Hall–Kier alpha value is -1.58. The number of hydrogen-bond acceptors (Lipinski definition) is 0. The molecule has 0 fully saturated rings. The van der Waals surface area contributed by atoms with Gasteiger partial charge in [-0.2, -0.15) is 0 Å². The molecule has 0 aliphatic carbocycles. The van der Waals surface area contributed by atoms with Crippen molar-refractivity contribution in [1.82, 2.24) is 4.57 Å². The third-order valence-electron chi connectivity index (χ3n) is 3.72. The molecular weight excluding hydrogens is 390 g/mol. The van der Waals surface area contributed by atoms with E-state index in [1.165, 1.54) is 27.5 Å². The molecular formula is C18H11Br2N. The van der Waals surface area contributed by atoms with Crippen molar-refractivity contribution in [2.24, 2.45) is 0 Å². The van der Waals surface area contributed by atoms with Crippen LogP contribution in [0, 0.1) is 0 Å². The molecule has 0 amide bonds. The smallest absolute Gasteiger partial charge is 0.0552 e. The molecule has 3 heteroatoms. The van der Waals surface area contributed by atoms with Gasteiger partial charge in [0.1, 0.15) is 0 Å². The quantitative estimate of drug-likeness (QED) is 0.353. The highest BCUT2D eigenvalue weighted by Crippen LogP contribution is 2.37. The maximum absolute atomic E-state index is 3.70. The van der Waals surface area contributed by atoms with Gasteiger partial charge >= 0.3 is 0 Å². The lowest BCUT2D eigenvalue weighted by molar-refractivity contribution is 1.18. The summed E-state index contributed by atoms with van der Waals surface area (Å²) in [6.45, 7) is 0. The van der Waals surface area contributed by atoms with E-state index in [-0.39, 0.29) is 0 Å². The molecule has 0 aliphatic heterocycles. The van der Waals surface area contributed by atoms with Gasteiger partial charge in [-0.15, -0.1) is 0 Å². The average Bonchev–Trinajstić information content (AvgIpc) is 2.82. The highest BCUT2D eigenvalue weighted by Gasteiger charge is 2.14. The summed E-state index contributed by atoms with van der Waals surface area (Å²) in [6.07, 6.45) is 0. The zero-order chi connectivity index (χ0) is 14.4. The van der Waals surface area contributed by atoms with Crippen molar-refractivity contribution in [2.75, 3.05) is 0 Å². The van der Waals surface area contributed by atoms with Gasteiger partial charge in [-0.1, -0.05) is 62.2 Å². The van der Waals surface area contributed by atoms with Crippen LogP contribution in [0.15, 0.2) is 75.7 Å². The van der Waals surface area contributed by atoms with Crippen molar-refractivity contribution in [1.29, 1.82) is 0 Å². The SMILES string of the molecule is Brc1ccc2c3c(Br)cccc3n(-c3ccccc3)c2c1. The third-order valence-corrected chi connectivity index (χ3v) is 4.87. The van der Waals surface area contributed by atoms with E-state index in [4.69, 9.17) is 0 Å². The van der Waals surface area contributed by atoms with Crippen molar-refractivity contribution in [3.63, 3.8) is 0 Å². The summed E-state index contributed by atoms with van der Waals surface area (Å²) in [7, 11) is 0. The second kappa shape index (κ2) is 5.00. The number of nitrogens with zero attached hydrogens (tertiary/aromatic N) is 1. The molecule has 0 saturated heterocycles. The van der Waals surface area contributed by atoms with Crippen LogP contribution >= 0.6 is 31.9 Å². The Morgan fingerprint density at radius 3 is 2.33 bits per heavy atom. The van der Waals surface area contributed by atoms with Gasteiger partial charge in [-0.25, -0.2) is 0 Å². The Morgan fingerprint density at radius 2 is 1.52 bits per heavy atom. The van der Waals surface area contributed by atoms with Gasteiger partial charge in [0.25, 0.3) is 0 Å². The second-order valence-electron chi connectivity index (χ2n) is 4.97. The summed E-state index contributed by atoms with van der Waals surface area (Å²) in [5.74, 6) is 0. The predicted molar refractivity (Wildman–Crippen MR) is 96.2 cm³/mol. The van der Waals surface area contributed by atoms with E-state index >= 15 is 0 Å². The van der Waals surface area contributed by atoms with Gasteiger partial charge in [0.15, 0.2) is 0 Å². The standard InChI is InChI=1S/C18H11Br2N/c19-12-9-10-14-17(11-12)21(13-5-2-1-3-6-13)16-8-4-7-15(20)18(14)16/h1-11H.